The van der Waals surface area contributed by atoms with Crippen LogP contribution < -0.4 is 4.74 Å². The summed E-state index contributed by atoms with van der Waals surface area (Å²) in [5.41, 5.74) is 3.08. The van der Waals surface area contributed by atoms with E-state index in [-0.39, 0.29) is 17.8 Å². The summed E-state index contributed by atoms with van der Waals surface area (Å²) in [5, 5.41) is 30.9. The summed E-state index contributed by atoms with van der Waals surface area (Å²) in [6.07, 6.45) is 3.06. The van der Waals surface area contributed by atoms with E-state index in [9.17, 15) is 15.5 Å². The second-order valence-corrected chi connectivity index (χ2v) is 8.34. The Labute approximate surface area is 180 Å². The Kier molecular flexibility index (Phi) is 7.90. The van der Waals surface area contributed by atoms with E-state index in [0.717, 1.165) is 48.1 Å². The third-order valence-electron chi connectivity index (χ3n) is 6.27. The standard InChI is InChI=1S/C26H33NO3/c1-3-5-9-24(28)19-10-12-20(13-11-19)26-23(21(17-27)16-25(26)29)15-18-7-6-8-22(14-18)30-4-2/h6-8,10-14,21,23-26,28-29H,3-5,9,15-16H2,1-2H3/t21-,23?,24?,25+,26?/m0/s1. The first kappa shape index (κ1) is 22.3. The maximum atomic E-state index is 10.8. The van der Waals surface area contributed by atoms with Crippen molar-refractivity contribution in [2.24, 2.45) is 11.8 Å². The van der Waals surface area contributed by atoms with E-state index in [0.29, 0.717) is 13.0 Å². The number of nitrogens with zero attached hydrogens (tertiary/aromatic N) is 1. The number of hydrogen-bond acceptors (Lipinski definition) is 4. The van der Waals surface area contributed by atoms with E-state index >= 15 is 0 Å². The summed E-state index contributed by atoms with van der Waals surface area (Å²) in [6, 6.07) is 18.4. The van der Waals surface area contributed by atoms with Crippen molar-refractivity contribution in [1.82, 2.24) is 0 Å². The fraction of sp³-hybridized carbons (Fsp3) is 0.500. The van der Waals surface area contributed by atoms with Crippen LogP contribution >= 0.6 is 0 Å². The number of aliphatic hydroxyl groups excluding tert-OH is 2. The highest BCUT2D eigenvalue weighted by atomic mass is 16.5. The summed E-state index contributed by atoms with van der Waals surface area (Å²) >= 11 is 0. The van der Waals surface area contributed by atoms with Crippen molar-refractivity contribution in [2.75, 3.05) is 6.61 Å². The van der Waals surface area contributed by atoms with E-state index < -0.39 is 12.2 Å². The van der Waals surface area contributed by atoms with Gasteiger partial charge in [0.05, 0.1) is 30.8 Å². The average molecular weight is 408 g/mol. The molecule has 0 saturated heterocycles. The molecule has 1 saturated carbocycles. The summed E-state index contributed by atoms with van der Waals surface area (Å²) in [6.45, 7) is 4.70. The Hall–Kier alpha value is -2.35. The number of rotatable bonds is 9. The summed E-state index contributed by atoms with van der Waals surface area (Å²) in [7, 11) is 0. The van der Waals surface area contributed by atoms with Crippen LogP contribution in [0.1, 0.15) is 68.2 Å². The van der Waals surface area contributed by atoms with E-state index in [2.05, 4.69) is 19.1 Å². The van der Waals surface area contributed by atoms with E-state index in [1.54, 1.807) is 0 Å². The molecule has 4 nitrogen and oxygen atoms in total. The molecule has 0 spiro atoms. The molecule has 0 radical (unpaired) electrons. The number of nitriles is 1. The van der Waals surface area contributed by atoms with Crippen LogP contribution in [0.3, 0.4) is 0 Å². The predicted molar refractivity (Wildman–Crippen MR) is 118 cm³/mol. The van der Waals surface area contributed by atoms with Crippen LogP contribution in [-0.4, -0.2) is 22.9 Å². The van der Waals surface area contributed by atoms with Crippen molar-refractivity contribution in [1.29, 1.82) is 5.26 Å². The molecule has 2 aromatic carbocycles. The summed E-state index contributed by atoms with van der Waals surface area (Å²) in [4.78, 5) is 0. The normalized spacial score (nSPS) is 24.4. The Bertz CT molecular complexity index is 842. The molecule has 1 aliphatic rings. The zero-order chi connectivity index (χ0) is 21.5. The molecular formula is C26H33NO3. The molecule has 3 rings (SSSR count). The van der Waals surface area contributed by atoms with Gasteiger partial charge in [-0.25, -0.2) is 0 Å². The minimum absolute atomic E-state index is 0.0396. The van der Waals surface area contributed by atoms with Gasteiger partial charge in [-0.15, -0.1) is 0 Å². The number of benzene rings is 2. The molecule has 2 aromatic rings. The molecule has 0 aliphatic heterocycles. The number of unbranched alkanes of at least 4 members (excludes halogenated alkanes) is 1. The van der Waals surface area contributed by atoms with Crippen molar-refractivity contribution >= 4 is 0 Å². The molecule has 2 N–H and O–H groups in total. The van der Waals surface area contributed by atoms with E-state index in [1.807, 2.05) is 49.4 Å². The summed E-state index contributed by atoms with van der Waals surface area (Å²) < 4.78 is 5.62. The van der Waals surface area contributed by atoms with Crippen LogP contribution in [0.15, 0.2) is 48.5 Å². The van der Waals surface area contributed by atoms with Crippen molar-refractivity contribution in [3.8, 4) is 11.8 Å². The average Bonchev–Trinajstić information content (AvgIpc) is 3.07. The third kappa shape index (κ3) is 5.22. The molecular weight excluding hydrogens is 374 g/mol. The molecule has 30 heavy (non-hydrogen) atoms. The molecule has 0 aromatic heterocycles. The van der Waals surface area contributed by atoms with Gasteiger partial charge in [0.15, 0.2) is 0 Å². The van der Waals surface area contributed by atoms with Gasteiger partial charge in [-0.2, -0.15) is 5.26 Å². The highest BCUT2D eigenvalue weighted by Gasteiger charge is 2.43. The highest BCUT2D eigenvalue weighted by Crippen LogP contribution is 2.45. The Balaban J connectivity index is 1.81. The lowest BCUT2D eigenvalue weighted by molar-refractivity contribution is 0.154. The van der Waals surface area contributed by atoms with E-state index in [4.69, 9.17) is 4.74 Å². The second kappa shape index (κ2) is 10.6. The van der Waals surface area contributed by atoms with E-state index in [1.165, 1.54) is 0 Å². The zero-order valence-corrected chi connectivity index (χ0v) is 18.0. The lowest BCUT2D eigenvalue weighted by Crippen LogP contribution is -2.20. The largest absolute Gasteiger partial charge is 0.494 e. The second-order valence-electron chi connectivity index (χ2n) is 8.34. The molecule has 0 bridgehead atoms. The number of hydrogen-bond donors (Lipinski definition) is 2. The van der Waals surface area contributed by atoms with Crippen LogP contribution in [0.4, 0.5) is 0 Å². The molecule has 3 unspecified atom stereocenters. The smallest absolute Gasteiger partial charge is 0.119 e. The molecule has 160 valence electrons. The monoisotopic (exact) mass is 407 g/mol. The fourth-order valence-corrected chi connectivity index (χ4v) is 4.71. The maximum Gasteiger partial charge on any atom is 0.119 e. The number of aliphatic hydroxyl groups is 2. The van der Waals surface area contributed by atoms with Gasteiger partial charge in [-0.05, 0) is 60.9 Å². The Morgan fingerprint density at radius 1 is 1.17 bits per heavy atom. The molecule has 0 heterocycles. The van der Waals surface area contributed by atoms with Gasteiger partial charge in [0.25, 0.3) is 0 Å². The SMILES string of the molecule is CCCCC(O)c1ccc(C2C(Cc3cccc(OCC)c3)[C@H](C#N)C[C@H]2O)cc1. The van der Waals surface area contributed by atoms with Gasteiger partial charge in [0, 0.05) is 5.92 Å². The molecule has 1 fully saturated rings. The Morgan fingerprint density at radius 2 is 1.93 bits per heavy atom. The minimum Gasteiger partial charge on any atom is -0.494 e. The molecule has 5 atom stereocenters. The first-order valence-electron chi connectivity index (χ1n) is 11.1. The minimum atomic E-state index is -0.536. The van der Waals surface area contributed by atoms with Crippen LogP contribution in [0, 0.1) is 23.2 Å². The van der Waals surface area contributed by atoms with Crippen molar-refractivity contribution in [3.05, 3.63) is 65.2 Å². The quantitative estimate of drug-likeness (QED) is 0.602. The van der Waals surface area contributed by atoms with Crippen molar-refractivity contribution < 1.29 is 14.9 Å². The fourth-order valence-electron chi connectivity index (χ4n) is 4.71. The van der Waals surface area contributed by atoms with Gasteiger partial charge < -0.3 is 14.9 Å². The highest BCUT2D eigenvalue weighted by molar-refractivity contribution is 5.33. The lowest BCUT2D eigenvalue weighted by Gasteiger charge is -2.24. The van der Waals surface area contributed by atoms with Gasteiger partial charge in [-0.3, -0.25) is 0 Å². The molecule has 0 amide bonds. The first-order valence-corrected chi connectivity index (χ1v) is 11.1. The van der Waals surface area contributed by atoms with Crippen molar-refractivity contribution in [3.63, 3.8) is 0 Å². The zero-order valence-electron chi connectivity index (χ0n) is 18.0. The van der Waals surface area contributed by atoms with Crippen molar-refractivity contribution in [2.45, 2.75) is 64.1 Å². The predicted octanol–water partition coefficient (Wildman–Crippen LogP) is 5.16. The first-order chi connectivity index (χ1) is 14.6. The van der Waals surface area contributed by atoms with Gasteiger partial charge >= 0.3 is 0 Å². The third-order valence-corrected chi connectivity index (χ3v) is 6.27. The Morgan fingerprint density at radius 3 is 2.60 bits per heavy atom. The number of ether oxygens (including phenoxy) is 1. The van der Waals surface area contributed by atoms with Gasteiger partial charge in [0.1, 0.15) is 5.75 Å². The molecule has 4 heteroatoms. The summed E-state index contributed by atoms with van der Waals surface area (Å²) in [5.74, 6) is 0.601. The topological polar surface area (TPSA) is 73.5 Å². The van der Waals surface area contributed by atoms with Gasteiger partial charge in [0.2, 0.25) is 0 Å². The van der Waals surface area contributed by atoms with Crippen LogP contribution in [0.25, 0.3) is 0 Å². The molecule has 1 aliphatic carbocycles. The van der Waals surface area contributed by atoms with Gasteiger partial charge in [-0.1, -0.05) is 56.2 Å². The van der Waals surface area contributed by atoms with Crippen LogP contribution in [0.5, 0.6) is 5.75 Å². The van der Waals surface area contributed by atoms with Crippen LogP contribution in [0.2, 0.25) is 0 Å². The van der Waals surface area contributed by atoms with Crippen LogP contribution in [-0.2, 0) is 6.42 Å². The maximum absolute atomic E-state index is 10.8. The lowest BCUT2D eigenvalue weighted by atomic mass is 9.80.